The SMILES string of the molecule is C=CCNC(=O)COc1ccc(S(=O)(=O)N(CC)CC)cc1[N+](=O)[O-]. The predicted molar refractivity (Wildman–Crippen MR) is 91.9 cm³/mol. The van der Waals surface area contributed by atoms with Crippen molar-refractivity contribution in [1.29, 1.82) is 0 Å². The highest BCUT2D eigenvalue weighted by molar-refractivity contribution is 7.89. The Morgan fingerprint density at radius 2 is 2.04 bits per heavy atom. The maximum Gasteiger partial charge on any atom is 0.312 e. The molecule has 0 saturated heterocycles. The first kappa shape index (κ1) is 20.6. The van der Waals surface area contributed by atoms with E-state index in [1.807, 2.05) is 0 Å². The number of carbonyl (C=O) groups is 1. The standard InChI is InChI=1S/C15H21N3O6S/c1-4-9-16-15(19)11-24-14-8-7-12(10-13(14)18(20)21)25(22,23)17(5-2)6-3/h4,7-8,10H,1,5-6,9,11H2,2-3H3,(H,16,19). The van der Waals surface area contributed by atoms with E-state index in [1.165, 1.54) is 22.5 Å². The van der Waals surface area contributed by atoms with Gasteiger partial charge in [0.05, 0.1) is 9.82 Å². The number of sulfonamides is 1. The van der Waals surface area contributed by atoms with Crippen LogP contribution in [0.2, 0.25) is 0 Å². The van der Waals surface area contributed by atoms with Gasteiger partial charge in [-0.1, -0.05) is 19.9 Å². The summed E-state index contributed by atoms with van der Waals surface area (Å²) in [5.41, 5.74) is -0.523. The summed E-state index contributed by atoms with van der Waals surface area (Å²) in [5.74, 6) is -0.661. The van der Waals surface area contributed by atoms with Crippen LogP contribution in [0.15, 0.2) is 35.7 Å². The van der Waals surface area contributed by atoms with Gasteiger partial charge in [0.2, 0.25) is 10.0 Å². The fourth-order valence-corrected chi connectivity index (χ4v) is 3.49. The summed E-state index contributed by atoms with van der Waals surface area (Å²) in [6.45, 7) is 7.09. The van der Waals surface area contributed by atoms with Crippen LogP contribution in [0.1, 0.15) is 13.8 Å². The van der Waals surface area contributed by atoms with Crippen molar-refractivity contribution in [2.75, 3.05) is 26.2 Å². The second-order valence-corrected chi connectivity index (χ2v) is 6.80. The van der Waals surface area contributed by atoms with Crippen molar-refractivity contribution in [3.63, 3.8) is 0 Å². The number of carbonyl (C=O) groups excluding carboxylic acids is 1. The Balaban J connectivity index is 3.10. The molecule has 0 spiro atoms. The number of hydrogen-bond donors (Lipinski definition) is 1. The quantitative estimate of drug-likeness (QED) is 0.376. The summed E-state index contributed by atoms with van der Waals surface area (Å²) in [6.07, 6.45) is 1.48. The molecule has 1 aromatic rings. The Hall–Kier alpha value is -2.46. The van der Waals surface area contributed by atoms with Gasteiger partial charge in [0.15, 0.2) is 12.4 Å². The van der Waals surface area contributed by atoms with Crippen LogP contribution in [0.4, 0.5) is 5.69 Å². The lowest BCUT2D eigenvalue weighted by Crippen LogP contribution is -2.30. The van der Waals surface area contributed by atoms with Crippen LogP contribution in [-0.2, 0) is 14.8 Å². The van der Waals surface area contributed by atoms with E-state index < -0.39 is 33.1 Å². The molecule has 0 saturated carbocycles. The Labute approximate surface area is 146 Å². The first-order valence-corrected chi connectivity index (χ1v) is 9.00. The zero-order valence-corrected chi connectivity index (χ0v) is 14.9. The van der Waals surface area contributed by atoms with Crippen LogP contribution in [0, 0.1) is 10.1 Å². The number of nitrogens with one attached hydrogen (secondary N) is 1. The van der Waals surface area contributed by atoms with Gasteiger partial charge in [0, 0.05) is 25.7 Å². The van der Waals surface area contributed by atoms with Crippen LogP contribution in [0.3, 0.4) is 0 Å². The minimum Gasteiger partial charge on any atom is -0.477 e. The molecule has 1 aromatic carbocycles. The highest BCUT2D eigenvalue weighted by atomic mass is 32.2. The zero-order chi connectivity index (χ0) is 19.0. The molecule has 0 aromatic heterocycles. The van der Waals surface area contributed by atoms with E-state index in [0.29, 0.717) is 0 Å². The largest absolute Gasteiger partial charge is 0.477 e. The molecule has 10 heteroatoms. The summed E-state index contributed by atoms with van der Waals surface area (Å²) >= 11 is 0. The van der Waals surface area contributed by atoms with Gasteiger partial charge in [-0.25, -0.2) is 8.42 Å². The van der Waals surface area contributed by atoms with Crippen LogP contribution in [-0.4, -0.2) is 49.8 Å². The third kappa shape index (κ3) is 5.26. The lowest BCUT2D eigenvalue weighted by Gasteiger charge is -2.18. The van der Waals surface area contributed by atoms with Crippen LogP contribution in [0.25, 0.3) is 0 Å². The number of nitrogens with zero attached hydrogens (tertiary/aromatic N) is 2. The van der Waals surface area contributed by atoms with Gasteiger partial charge in [-0.2, -0.15) is 4.31 Å². The van der Waals surface area contributed by atoms with Crippen molar-refractivity contribution in [2.24, 2.45) is 0 Å². The van der Waals surface area contributed by atoms with Crippen LogP contribution in [0.5, 0.6) is 5.75 Å². The van der Waals surface area contributed by atoms with Crippen molar-refractivity contribution in [2.45, 2.75) is 18.7 Å². The normalized spacial score (nSPS) is 11.2. The summed E-state index contributed by atoms with van der Waals surface area (Å²) in [4.78, 5) is 21.8. The minimum absolute atomic E-state index is 0.183. The summed E-state index contributed by atoms with van der Waals surface area (Å²) in [6, 6.07) is 3.33. The Morgan fingerprint density at radius 3 is 2.56 bits per heavy atom. The first-order valence-electron chi connectivity index (χ1n) is 7.56. The lowest BCUT2D eigenvalue weighted by atomic mass is 10.3. The van der Waals surface area contributed by atoms with E-state index in [1.54, 1.807) is 13.8 Å². The molecule has 0 aliphatic rings. The second kappa shape index (κ2) is 9.14. The predicted octanol–water partition coefficient (Wildman–Crippen LogP) is 1.31. The van der Waals surface area contributed by atoms with Crippen molar-refractivity contribution in [1.82, 2.24) is 9.62 Å². The van der Waals surface area contributed by atoms with Crippen LogP contribution >= 0.6 is 0 Å². The lowest BCUT2D eigenvalue weighted by molar-refractivity contribution is -0.386. The molecule has 1 amide bonds. The third-order valence-corrected chi connectivity index (χ3v) is 5.32. The summed E-state index contributed by atoms with van der Waals surface area (Å²) < 4.78 is 31.2. The van der Waals surface area contributed by atoms with E-state index in [2.05, 4.69) is 11.9 Å². The highest BCUT2D eigenvalue weighted by Crippen LogP contribution is 2.30. The summed E-state index contributed by atoms with van der Waals surface area (Å²) in [5, 5.41) is 13.7. The fourth-order valence-electron chi connectivity index (χ4n) is 2.02. The topological polar surface area (TPSA) is 119 Å². The smallest absolute Gasteiger partial charge is 0.312 e. The van der Waals surface area contributed by atoms with Crippen molar-refractivity contribution >= 4 is 21.6 Å². The monoisotopic (exact) mass is 371 g/mol. The van der Waals surface area contributed by atoms with Crippen molar-refractivity contribution in [3.8, 4) is 5.75 Å². The van der Waals surface area contributed by atoms with Crippen molar-refractivity contribution in [3.05, 3.63) is 41.0 Å². The number of rotatable bonds is 10. The number of hydrogen-bond acceptors (Lipinski definition) is 6. The molecule has 0 bridgehead atoms. The van der Waals surface area contributed by atoms with Gasteiger partial charge in [-0.3, -0.25) is 14.9 Å². The number of nitro benzene ring substituents is 1. The second-order valence-electron chi connectivity index (χ2n) is 4.86. The Morgan fingerprint density at radius 1 is 1.40 bits per heavy atom. The van der Waals surface area contributed by atoms with Gasteiger partial charge >= 0.3 is 5.69 Å². The maximum atomic E-state index is 12.5. The van der Waals surface area contributed by atoms with E-state index >= 15 is 0 Å². The Bertz CT molecular complexity index is 744. The van der Waals surface area contributed by atoms with E-state index in [-0.39, 0.29) is 30.3 Å². The van der Waals surface area contributed by atoms with Crippen LogP contribution < -0.4 is 10.1 Å². The van der Waals surface area contributed by atoms with Gasteiger partial charge < -0.3 is 10.1 Å². The van der Waals surface area contributed by atoms with E-state index in [0.717, 1.165) is 6.07 Å². The molecule has 138 valence electrons. The fraction of sp³-hybridized carbons (Fsp3) is 0.400. The number of nitro groups is 1. The molecule has 0 aliphatic heterocycles. The number of ether oxygens (including phenoxy) is 1. The van der Waals surface area contributed by atoms with Gasteiger partial charge in [0.1, 0.15) is 0 Å². The molecule has 0 radical (unpaired) electrons. The molecular weight excluding hydrogens is 350 g/mol. The zero-order valence-electron chi connectivity index (χ0n) is 14.1. The third-order valence-electron chi connectivity index (χ3n) is 3.27. The molecule has 0 atom stereocenters. The van der Waals surface area contributed by atoms with Gasteiger partial charge in [-0.05, 0) is 12.1 Å². The molecule has 0 fully saturated rings. The summed E-state index contributed by atoms with van der Waals surface area (Å²) in [7, 11) is -3.83. The average molecular weight is 371 g/mol. The van der Waals surface area contributed by atoms with E-state index in [9.17, 15) is 23.3 Å². The van der Waals surface area contributed by atoms with E-state index in [4.69, 9.17) is 4.74 Å². The van der Waals surface area contributed by atoms with Crippen molar-refractivity contribution < 1.29 is 22.9 Å². The molecule has 25 heavy (non-hydrogen) atoms. The Kier molecular flexibility index (Phi) is 7.52. The number of benzene rings is 1. The highest BCUT2D eigenvalue weighted by Gasteiger charge is 2.26. The van der Waals surface area contributed by atoms with Gasteiger partial charge in [0.25, 0.3) is 5.91 Å². The maximum absolute atomic E-state index is 12.5. The molecule has 0 aliphatic carbocycles. The molecule has 0 unspecified atom stereocenters. The molecular formula is C15H21N3O6S. The molecule has 0 heterocycles. The first-order chi connectivity index (χ1) is 11.8. The molecule has 1 N–H and O–H groups in total. The average Bonchev–Trinajstić information content (AvgIpc) is 2.58. The molecule has 1 rings (SSSR count). The van der Waals surface area contributed by atoms with Gasteiger partial charge in [-0.15, -0.1) is 6.58 Å². The minimum atomic E-state index is -3.83. The molecule has 9 nitrogen and oxygen atoms in total. The number of amides is 1.